The smallest absolute Gasteiger partial charge is 0.338 e. The quantitative estimate of drug-likeness (QED) is 0.695. The molecule has 0 aromatic heterocycles. The highest BCUT2D eigenvalue weighted by Gasteiger charge is 2.29. The summed E-state index contributed by atoms with van der Waals surface area (Å²) in [4.78, 5) is 23.6. The van der Waals surface area contributed by atoms with Crippen molar-refractivity contribution in [3.05, 3.63) is 22.4 Å². The zero-order chi connectivity index (χ0) is 13.2. The topological polar surface area (TPSA) is 102 Å². The van der Waals surface area contributed by atoms with Crippen LogP contribution in [0.2, 0.25) is 0 Å². The molecule has 0 radical (unpaired) electrons. The van der Waals surface area contributed by atoms with Gasteiger partial charge in [0.15, 0.2) is 0 Å². The Balaban J connectivity index is 3.46. The molecule has 0 unspecified atom stereocenters. The summed E-state index contributed by atoms with van der Waals surface area (Å²) in [5, 5.41) is 26.9. The molecule has 1 aliphatic heterocycles. The molecule has 0 saturated carbocycles. The standard InChI is InChI=1S/C11H12N2O4/c1-6(10(14)15)8(11(16)17)9-7(5-12)3-4-13(9)2/h3-4H2,1-2H3,(H,14,15)(H,16,17)/b8-6-. The van der Waals surface area contributed by atoms with Crippen LogP contribution in [0, 0.1) is 11.3 Å². The van der Waals surface area contributed by atoms with E-state index in [0.717, 1.165) is 0 Å². The van der Waals surface area contributed by atoms with Gasteiger partial charge in [0.1, 0.15) is 0 Å². The largest absolute Gasteiger partial charge is 0.478 e. The molecule has 1 aliphatic rings. The summed E-state index contributed by atoms with van der Waals surface area (Å²) in [6, 6.07) is 1.92. The molecule has 90 valence electrons. The molecule has 1 heterocycles. The number of carbonyl (C=O) groups is 2. The lowest BCUT2D eigenvalue weighted by Gasteiger charge is -2.17. The highest BCUT2D eigenvalue weighted by Crippen LogP contribution is 2.29. The third kappa shape index (κ3) is 2.28. The van der Waals surface area contributed by atoms with Crippen LogP contribution in [-0.4, -0.2) is 40.6 Å². The third-order valence-corrected chi connectivity index (χ3v) is 2.65. The SMILES string of the molecule is C/C(C(=O)O)=C(/C(=O)O)C1=C(C#N)CCN1C. The molecule has 0 amide bonds. The fraction of sp³-hybridized carbons (Fsp3) is 0.364. The van der Waals surface area contributed by atoms with Gasteiger partial charge in [-0.1, -0.05) is 0 Å². The van der Waals surface area contributed by atoms with Gasteiger partial charge in [-0.25, -0.2) is 9.59 Å². The first-order valence-corrected chi connectivity index (χ1v) is 4.92. The lowest BCUT2D eigenvalue weighted by atomic mass is 10.0. The first kappa shape index (κ1) is 12.8. The van der Waals surface area contributed by atoms with Gasteiger partial charge in [-0.05, 0) is 6.92 Å². The molecule has 0 fully saturated rings. The first-order chi connectivity index (χ1) is 7.90. The van der Waals surface area contributed by atoms with E-state index in [9.17, 15) is 9.59 Å². The fourth-order valence-electron chi connectivity index (χ4n) is 1.74. The summed E-state index contributed by atoms with van der Waals surface area (Å²) in [5.41, 5.74) is -0.0616. The summed E-state index contributed by atoms with van der Waals surface area (Å²) < 4.78 is 0. The van der Waals surface area contributed by atoms with Gasteiger partial charge in [0, 0.05) is 20.0 Å². The van der Waals surface area contributed by atoms with Crippen LogP contribution in [0.25, 0.3) is 0 Å². The van der Waals surface area contributed by atoms with E-state index in [1.165, 1.54) is 6.92 Å². The summed E-state index contributed by atoms with van der Waals surface area (Å²) in [6.07, 6.45) is 0.437. The van der Waals surface area contributed by atoms with Crippen LogP contribution in [-0.2, 0) is 9.59 Å². The Bertz CT molecular complexity index is 482. The van der Waals surface area contributed by atoms with Crippen LogP contribution >= 0.6 is 0 Å². The van der Waals surface area contributed by atoms with Crippen molar-refractivity contribution in [1.29, 1.82) is 5.26 Å². The van der Waals surface area contributed by atoms with Crippen molar-refractivity contribution in [2.24, 2.45) is 0 Å². The average Bonchev–Trinajstić information content (AvgIpc) is 2.60. The monoisotopic (exact) mass is 236 g/mol. The molecule has 0 bridgehead atoms. The molecule has 0 spiro atoms. The number of rotatable bonds is 3. The molecular formula is C11H12N2O4. The number of hydrogen-bond acceptors (Lipinski definition) is 4. The second kappa shape index (κ2) is 4.70. The highest BCUT2D eigenvalue weighted by molar-refractivity contribution is 6.02. The van der Waals surface area contributed by atoms with Crippen LogP contribution in [0.4, 0.5) is 0 Å². The number of hydrogen-bond donors (Lipinski definition) is 2. The van der Waals surface area contributed by atoms with E-state index < -0.39 is 11.9 Å². The Morgan fingerprint density at radius 1 is 1.35 bits per heavy atom. The van der Waals surface area contributed by atoms with E-state index in [2.05, 4.69) is 0 Å². The van der Waals surface area contributed by atoms with Crippen LogP contribution in [0.5, 0.6) is 0 Å². The van der Waals surface area contributed by atoms with Gasteiger partial charge in [-0.2, -0.15) is 5.26 Å². The Hall–Kier alpha value is -2.29. The minimum absolute atomic E-state index is 0.208. The molecular weight excluding hydrogens is 224 g/mol. The normalized spacial score (nSPS) is 16.6. The van der Waals surface area contributed by atoms with E-state index in [4.69, 9.17) is 15.5 Å². The summed E-state index contributed by atoms with van der Waals surface area (Å²) in [5.74, 6) is -2.63. The summed E-state index contributed by atoms with van der Waals surface area (Å²) >= 11 is 0. The predicted octanol–water partition coefficient (Wildman–Crippen LogP) is 0.585. The number of nitriles is 1. The number of carboxylic acid groups (broad SMARTS) is 2. The van der Waals surface area contributed by atoms with E-state index in [0.29, 0.717) is 18.5 Å². The average molecular weight is 236 g/mol. The second-order valence-electron chi connectivity index (χ2n) is 3.72. The minimum Gasteiger partial charge on any atom is -0.478 e. The second-order valence-corrected chi connectivity index (χ2v) is 3.72. The van der Waals surface area contributed by atoms with Gasteiger partial charge >= 0.3 is 11.9 Å². The minimum atomic E-state index is -1.33. The van der Waals surface area contributed by atoms with Gasteiger partial charge < -0.3 is 15.1 Å². The molecule has 17 heavy (non-hydrogen) atoms. The lowest BCUT2D eigenvalue weighted by Crippen LogP contribution is -2.21. The number of aliphatic carboxylic acids is 2. The summed E-state index contributed by atoms with van der Waals surface area (Å²) in [6.45, 7) is 1.74. The van der Waals surface area contributed by atoms with Crippen molar-refractivity contribution in [3.8, 4) is 6.07 Å². The maximum Gasteiger partial charge on any atom is 0.338 e. The molecule has 0 atom stereocenters. The number of carboxylic acids is 2. The molecule has 2 N–H and O–H groups in total. The van der Waals surface area contributed by atoms with Crippen LogP contribution < -0.4 is 0 Å². The fourth-order valence-corrected chi connectivity index (χ4v) is 1.74. The maximum absolute atomic E-state index is 11.1. The van der Waals surface area contributed by atoms with Crippen LogP contribution in [0.3, 0.4) is 0 Å². The Morgan fingerprint density at radius 2 is 1.94 bits per heavy atom. The molecule has 1 rings (SSSR count). The van der Waals surface area contributed by atoms with E-state index in [-0.39, 0.29) is 16.8 Å². The van der Waals surface area contributed by atoms with Crippen molar-refractivity contribution in [2.45, 2.75) is 13.3 Å². The Morgan fingerprint density at radius 3 is 2.35 bits per heavy atom. The van der Waals surface area contributed by atoms with Crippen molar-refractivity contribution in [1.82, 2.24) is 4.90 Å². The van der Waals surface area contributed by atoms with Gasteiger partial charge in [0.2, 0.25) is 0 Å². The molecule has 0 saturated heterocycles. The van der Waals surface area contributed by atoms with Crippen molar-refractivity contribution >= 4 is 11.9 Å². The molecule has 0 aliphatic carbocycles. The van der Waals surface area contributed by atoms with Crippen molar-refractivity contribution in [3.63, 3.8) is 0 Å². The van der Waals surface area contributed by atoms with Gasteiger partial charge in [0.05, 0.1) is 28.5 Å². The van der Waals surface area contributed by atoms with Gasteiger partial charge in [0.25, 0.3) is 0 Å². The van der Waals surface area contributed by atoms with Crippen LogP contribution in [0.15, 0.2) is 22.4 Å². The summed E-state index contributed by atoms with van der Waals surface area (Å²) in [7, 11) is 1.64. The predicted molar refractivity (Wildman–Crippen MR) is 57.9 cm³/mol. The third-order valence-electron chi connectivity index (χ3n) is 2.65. The molecule has 0 aromatic carbocycles. The van der Waals surface area contributed by atoms with Crippen LogP contribution in [0.1, 0.15) is 13.3 Å². The van der Waals surface area contributed by atoms with Gasteiger partial charge in [-0.3, -0.25) is 0 Å². The zero-order valence-electron chi connectivity index (χ0n) is 9.52. The van der Waals surface area contributed by atoms with E-state index >= 15 is 0 Å². The van der Waals surface area contributed by atoms with E-state index in [1.807, 2.05) is 6.07 Å². The molecule has 6 nitrogen and oxygen atoms in total. The molecule has 0 aromatic rings. The first-order valence-electron chi connectivity index (χ1n) is 4.92. The van der Waals surface area contributed by atoms with Gasteiger partial charge in [-0.15, -0.1) is 0 Å². The number of likely N-dealkylation sites (N-methyl/N-ethyl adjacent to an activating group) is 1. The lowest BCUT2D eigenvalue weighted by molar-refractivity contribution is -0.135. The zero-order valence-corrected chi connectivity index (χ0v) is 9.52. The van der Waals surface area contributed by atoms with E-state index in [1.54, 1.807) is 11.9 Å². The Kier molecular flexibility index (Phi) is 3.53. The number of nitrogens with zero attached hydrogens (tertiary/aromatic N) is 2. The highest BCUT2D eigenvalue weighted by atomic mass is 16.4. The maximum atomic E-state index is 11.1. The molecule has 6 heteroatoms. The van der Waals surface area contributed by atoms with Crippen molar-refractivity contribution in [2.75, 3.05) is 13.6 Å². The van der Waals surface area contributed by atoms with Crippen molar-refractivity contribution < 1.29 is 19.8 Å². The Labute approximate surface area is 98.1 Å².